The molecule has 0 spiro atoms. The highest BCUT2D eigenvalue weighted by molar-refractivity contribution is 6.05. The minimum absolute atomic E-state index is 0.251. The molecular weight excluding hydrogens is 650 g/mol. The molecule has 0 bridgehead atoms. The lowest BCUT2D eigenvalue weighted by atomic mass is 10.0. The van der Waals surface area contributed by atoms with Crippen LogP contribution in [0, 0.1) is 13.8 Å². The number of carbonyl (C=O) groups is 5. The van der Waals surface area contributed by atoms with Crippen molar-refractivity contribution in [2.45, 2.75) is 33.6 Å². The molecule has 12 nitrogen and oxygen atoms in total. The largest absolute Gasteiger partial charge is 0.484 e. The number of aryl methyl sites for hydroxylation is 2. The number of amides is 5. The number of nitrogens with one attached hydrogen (secondary N) is 2. The molecule has 266 valence electrons. The topological polar surface area (TPSA) is 149 Å². The van der Waals surface area contributed by atoms with Crippen LogP contribution in [-0.4, -0.2) is 68.1 Å². The van der Waals surface area contributed by atoms with Crippen LogP contribution in [0.5, 0.6) is 5.75 Å². The van der Waals surface area contributed by atoms with Crippen LogP contribution in [0.15, 0.2) is 97.1 Å². The van der Waals surface area contributed by atoms with Gasteiger partial charge in [0, 0.05) is 42.4 Å². The fourth-order valence-electron chi connectivity index (χ4n) is 5.39. The van der Waals surface area contributed by atoms with Crippen molar-refractivity contribution in [3.63, 3.8) is 0 Å². The molecule has 4 aromatic carbocycles. The molecule has 0 radical (unpaired) electrons. The molecule has 0 aliphatic heterocycles. The van der Waals surface area contributed by atoms with E-state index in [1.165, 1.54) is 16.7 Å². The van der Waals surface area contributed by atoms with E-state index in [-0.39, 0.29) is 19.1 Å². The summed E-state index contributed by atoms with van der Waals surface area (Å²) in [6.07, 6.45) is 0. The van der Waals surface area contributed by atoms with Crippen LogP contribution in [-0.2, 0) is 19.2 Å². The summed E-state index contributed by atoms with van der Waals surface area (Å²) in [6.45, 7) is 6.71. The minimum atomic E-state index is -1.00. The highest BCUT2D eigenvalue weighted by atomic mass is 16.5. The Hall–Kier alpha value is -6.17. The zero-order chi connectivity index (χ0) is 37.1. The zero-order valence-electron chi connectivity index (χ0n) is 29.4. The predicted molar refractivity (Wildman–Crippen MR) is 198 cm³/mol. The Balaban J connectivity index is 1.49. The molecule has 1 atom stereocenters. The number of urea groups is 1. The van der Waals surface area contributed by atoms with Gasteiger partial charge in [0.2, 0.25) is 11.8 Å². The second-order valence-electron chi connectivity index (χ2n) is 12.0. The van der Waals surface area contributed by atoms with Crippen LogP contribution in [0.1, 0.15) is 36.5 Å². The van der Waals surface area contributed by atoms with Gasteiger partial charge in [0.1, 0.15) is 12.3 Å². The molecule has 0 heterocycles. The number of carboxylic acid groups (broad SMARTS) is 1. The van der Waals surface area contributed by atoms with Gasteiger partial charge in [-0.05, 0) is 92.9 Å². The van der Waals surface area contributed by atoms with E-state index >= 15 is 0 Å². The first kappa shape index (κ1) is 37.6. The lowest BCUT2D eigenvalue weighted by molar-refractivity contribution is -0.138. The van der Waals surface area contributed by atoms with Crippen LogP contribution >= 0.6 is 0 Å². The summed E-state index contributed by atoms with van der Waals surface area (Å²) in [5.74, 6) is -2.71. The molecule has 3 N–H and O–H groups in total. The number of carboxylic acids is 1. The number of ether oxygens (including phenoxy) is 1. The van der Waals surface area contributed by atoms with Crippen molar-refractivity contribution in [3.8, 4) is 5.75 Å². The van der Waals surface area contributed by atoms with Crippen molar-refractivity contribution in [2.24, 2.45) is 0 Å². The molecule has 0 aromatic heterocycles. The minimum Gasteiger partial charge on any atom is -0.484 e. The Kier molecular flexibility index (Phi) is 12.9. The molecule has 51 heavy (non-hydrogen) atoms. The highest BCUT2D eigenvalue weighted by Gasteiger charge is 2.24. The summed E-state index contributed by atoms with van der Waals surface area (Å²) in [5.41, 5.74) is 4.64. The van der Waals surface area contributed by atoms with Crippen LogP contribution < -0.4 is 30.1 Å². The lowest BCUT2D eigenvalue weighted by Crippen LogP contribution is -2.46. The number of likely N-dealkylation sites (N-methyl/N-ethyl adjacent to an activating group) is 2. The van der Waals surface area contributed by atoms with Crippen LogP contribution in [0.4, 0.5) is 27.5 Å². The number of para-hydroxylation sites is 1. The zero-order valence-corrected chi connectivity index (χ0v) is 29.4. The van der Waals surface area contributed by atoms with Gasteiger partial charge >= 0.3 is 12.0 Å². The Morgan fingerprint density at radius 2 is 1.41 bits per heavy atom. The van der Waals surface area contributed by atoms with Crippen LogP contribution in [0.25, 0.3) is 0 Å². The highest BCUT2D eigenvalue weighted by Crippen LogP contribution is 2.24. The van der Waals surface area contributed by atoms with E-state index in [2.05, 4.69) is 10.6 Å². The van der Waals surface area contributed by atoms with E-state index in [0.29, 0.717) is 34.9 Å². The van der Waals surface area contributed by atoms with Crippen molar-refractivity contribution in [1.82, 2.24) is 5.32 Å². The first-order valence-corrected chi connectivity index (χ1v) is 16.5. The Morgan fingerprint density at radius 3 is 2.08 bits per heavy atom. The molecule has 0 aliphatic rings. The monoisotopic (exact) mass is 693 g/mol. The van der Waals surface area contributed by atoms with Crippen molar-refractivity contribution in [3.05, 3.63) is 114 Å². The number of carbonyl (C=O) groups excluding carboxylic acids is 4. The number of rotatable bonds is 14. The normalized spacial score (nSPS) is 11.2. The van der Waals surface area contributed by atoms with Gasteiger partial charge in [-0.1, -0.05) is 42.5 Å². The Morgan fingerprint density at radius 1 is 0.745 bits per heavy atom. The molecule has 4 rings (SSSR count). The lowest BCUT2D eigenvalue weighted by Gasteiger charge is -2.26. The molecule has 1 unspecified atom stereocenters. The SMILES string of the molecule is CCN(C(=O)COc1cccc(N(CC(=O)N(C)c2ccccc2)C(=O)CNC(=O)Nc2cccc(C(C)C(=O)O)c2)c1)c1cc(C)cc(C)c1. The van der Waals surface area contributed by atoms with Gasteiger partial charge in [0.25, 0.3) is 5.91 Å². The maximum Gasteiger partial charge on any atom is 0.319 e. The van der Waals surface area contributed by atoms with Gasteiger partial charge in [-0.2, -0.15) is 0 Å². The van der Waals surface area contributed by atoms with Gasteiger partial charge in [-0.3, -0.25) is 19.2 Å². The number of hydrogen-bond donors (Lipinski definition) is 3. The average Bonchev–Trinajstić information content (AvgIpc) is 3.11. The quantitative estimate of drug-likeness (QED) is 0.153. The fourth-order valence-corrected chi connectivity index (χ4v) is 5.39. The van der Waals surface area contributed by atoms with Gasteiger partial charge in [0.05, 0.1) is 12.5 Å². The first-order valence-electron chi connectivity index (χ1n) is 16.5. The predicted octanol–water partition coefficient (Wildman–Crippen LogP) is 5.74. The molecule has 0 saturated carbocycles. The molecule has 12 heteroatoms. The van der Waals surface area contributed by atoms with Crippen LogP contribution in [0.2, 0.25) is 0 Å². The summed E-state index contributed by atoms with van der Waals surface area (Å²) < 4.78 is 5.89. The number of aliphatic carboxylic acids is 1. The fraction of sp³-hybridized carbons (Fsp3) is 0.256. The van der Waals surface area contributed by atoms with Gasteiger partial charge in [-0.15, -0.1) is 0 Å². The third kappa shape index (κ3) is 10.4. The molecule has 5 amide bonds. The molecular formula is C39H43N5O7. The summed E-state index contributed by atoms with van der Waals surface area (Å²) in [5, 5.41) is 14.5. The number of nitrogens with zero attached hydrogens (tertiary/aromatic N) is 3. The van der Waals surface area contributed by atoms with Crippen molar-refractivity contribution in [2.75, 3.05) is 53.3 Å². The van der Waals surface area contributed by atoms with Gasteiger partial charge < -0.3 is 35.2 Å². The van der Waals surface area contributed by atoms with E-state index in [4.69, 9.17) is 4.74 Å². The third-order valence-corrected chi connectivity index (χ3v) is 8.15. The van der Waals surface area contributed by atoms with E-state index in [9.17, 15) is 29.1 Å². The summed E-state index contributed by atoms with van der Waals surface area (Å²) in [4.78, 5) is 68.8. The maximum absolute atomic E-state index is 13.7. The van der Waals surface area contributed by atoms with E-state index in [0.717, 1.165) is 16.8 Å². The van der Waals surface area contributed by atoms with Crippen LogP contribution in [0.3, 0.4) is 0 Å². The molecule has 4 aromatic rings. The maximum atomic E-state index is 13.7. The standard InChI is InChI=1S/C39H43N5O7/c1-6-43(33-19-26(2)18-27(3)20-33)37(47)25-51-34-17-11-16-32(22-34)44(24-36(46)42(5)31-14-8-7-9-15-31)35(45)23-40-39(50)41-30-13-10-12-29(21-30)28(4)38(48)49/h7-22,28H,6,23-25H2,1-5H3,(H,48,49)(H2,40,41,50). The third-order valence-electron chi connectivity index (χ3n) is 8.15. The second-order valence-corrected chi connectivity index (χ2v) is 12.0. The molecule has 0 aliphatic carbocycles. The van der Waals surface area contributed by atoms with Gasteiger partial charge in [0.15, 0.2) is 6.61 Å². The number of benzene rings is 4. The Bertz CT molecular complexity index is 1860. The van der Waals surface area contributed by atoms with Crippen molar-refractivity contribution >= 4 is 52.5 Å². The molecule has 0 saturated heterocycles. The average molecular weight is 694 g/mol. The van der Waals surface area contributed by atoms with Crippen molar-refractivity contribution < 1.29 is 33.8 Å². The van der Waals surface area contributed by atoms with E-state index in [1.54, 1.807) is 84.7 Å². The Labute approximate surface area is 297 Å². The van der Waals surface area contributed by atoms with E-state index < -0.39 is 36.3 Å². The summed E-state index contributed by atoms with van der Waals surface area (Å²) in [7, 11) is 1.60. The smallest absolute Gasteiger partial charge is 0.319 e. The first-order chi connectivity index (χ1) is 24.4. The second kappa shape index (κ2) is 17.5. The van der Waals surface area contributed by atoms with Gasteiger partial charge in [-0.25, -0.2) is 4.79 Å². The summed E-state index contributed by atoms with van der Waals surface area (Å²) in [6, 6.07) is 27.1. The summed E-state index contributed by atoms with van der Waals surface area (Å²) >= 11 is 0. The molecule has 0 fully saturated rings. The van der Waals surface area contributed by atoms with Crippen molar-refractivity contribution in [1.29, 1.82) is 0 Å². The number of anilines is 4. The van der Waals surface area contributed by atoms with E-state index in [1.807, 2.05) is 45.0 Å². The number of hydrogen-bond acceptors (Lipinski definition) is 6.